The summed E-state index contributed by atoms with van der Waals surface area (Å²) in [6.07, 6.45) is 18.9. The normalized spacial score (nSPS) is 53.6. The summed E-state index contributed by atoms with van der Waals surface area (Å²) in [6, 6.07) is 0. The van der Waals surface area contributed by atoms with Crippen LogP contribution in [0.4, 0.5) is 0 Å². The molecule has 2 radical (unpaired) electrons. The third kappa shape index (κ3) is 1.70. The van der Waals surface area contributed by atoms with E-state index in [0.717, 1.165) is 35.5 Å². The molecule has 0 aliphatic heterocycles. The van der Waals surface area contributed by atoms with Crippen LogP contribution in [0.5, 0.6) is 0 Å². The molecule has 0 amide bonds. The molecule has 0 N–H and O–H groups in total. The van der Waals surface area contributed by atoms with Crippen molar-refractivity contribution in [3.63, 3.8) is 0 Å². The van der Waals surface area contributed by atoms with E-state index >= 15 is 0 Å². The topological polar surface area (TPSA) is 0 Å². The van der Waals surface area contributed by atoms with E-state index in [1.54, 1.807) is 25.7 Å². The van der Waals surface area contributed by atoms with Gasteiger partial charge in [-0.3, -0.25) is 0 Å². The quantitative estimate of drug-likeness (QED) is 0.568. The summed E-state index contributed by atoms with van der Waals surface area (Å²) in [5.41, 5.74) is 0. The van der Waals surface area contributed by atoms with Crippen molar-refractivity contribution in [2.24, 2.45) is 35.5 Å². The summed E-state index contributed by atoms with van der Waals surface area (Å²) in [5, 5.41) is 0. The SMILES string of the molecule is [CH]1CC[C@H]2C(C1)CC[C@H]1[C@@H]3CC[CH][C@H]3CC[C@@H]12. The fourth-order valence-corrected chi connectivity index (χ4v) is 5.99. The van der Waals surface area contributed by atoms with Crippen molar-refractivity contribution < 1.29 is 0 Å². The van der Waals surface area contributed by atoms with Crippen LogP contribution in [-0.4, -0.2) is 0 Å². The zero-order valence-electron chi connectivity index (χ0n) is 11.0. The lowest BCUT2D eigenvalue weighted by atomic mass is 9.54. The van der Waals surface area contributed by atoms with Crippen molar-refractivity contribution in [2.45, 2.75) is 57.8 Å². The summed E-state index contributed by atoms with van der Waals surface area (Å²) in [4.78, 5) is 0. The fraction of sp³-hybridized carbons (Fsp3) is 0.882. The van der Waals surface area contributed by atoms with Crippen molar-refractivity contribution in [3.05, 3.63) is 12.8 Å². The van der Waals surface area contributed by atoms with E-state index < -0.39 is 0 Å². The van der Waals surface area contributed by atoms with Crippen LogP contribution in [0, 0.1) is 48.3 Å². The second-order valence-corrected chi connectivity index (χ2v) is 7.15. The van der Waals surface area contributed by atoms with Gasteiger partial charge in [-0.25, -0.2) is 0 Å². The van der Waals surface area contributed by atoms with Crippen molar-refractivity contribution >= 4 is 0 Å². The molecule has 0 heterocycles. The lowest BCUT2D eigenvalue weighted by Crippen LogP contribution is -2.43. The molecule has 6 atom stereocenters. The number of fused-ring (bicyclic) bond motifs is 5. The Morgan fingerprint density at radius 3 is 2.47 bits per heavy atom. The molecule has 4 aliphatic carbocycles. The van der Waals surface area contributed by atoms with Crippen molar-refractivity contribution in [2.75, 3.05) is 0 Å². The smallest absolute Gasteiger partial charge is 0.0352 e. The van der Waals surface area contributed by atoms with Gasteiger partial charge in [-0.05, 0) is 106 Å². The monoisotopic (exact) mass is 230 g/mol. The number of hydrogen-bond donors (Lipinski definition) is 0. The van der Waals surface area contributed by atoms with Crippen LogP contribution in [0.1, 0.15) is 57.8 Å². The molecule has 0 aromatic heterocycles. The van der Waals surface area contributed by atoms with Crippen molar-refractivity contribution in [1.82, 2.24) is 0 Å². The molecule has 17 heavy (non-hydrogen) atoms. The molecule has 0 heteroatoms. The first kappa shape index (κ1) is 10.9. The maximum absolute atomic E-state index is 2.67. The molecular weight excluding hydrogens is 204 g/mol. The van der Waals surface area contributed by atoms with Gasteiger partial charge in [-0.15, -0.1) is 0 Å². The third-order valence-corrected chi connectivity index (χ3v) is 6.65. The Morgan fingerprint density at radius 1 is 0.647 bits per heavy atom. The van der Waals surface area contributed by atoms with Crippen LogP contribution in [0.15, 0.2) is 0 Å². The van der Waals surface area contributed by atoms with E-state index in [1.807, 2.05) is 0 Å². The van der Waals surface area contributed by atoms with Crippen LogP contribution in [-0.2, 0) is 0 Å². The Bertz CT molecular complexity index is 282. The largest absolute Gasteiger partial charge is 0.0499 e. The highest BCUT2D eigenvalue weighted by atomic mass is 14.5. The van der Waals surface area contributed by atoms with Gasteiger partial charge in [0.15, 0.2) is 0 Å². The fourth-order valence-electron chi connectivity index (χ4n) is 5.99. The molecule has 0 saturated heterocycles. The Labute approximate surface area is 107 Å². The van der Waals surface area contributed by atoms with Gasteiger partial charge in [0.2, 0.25) is 0 Å². The summed E-state index contributed by atoms with van der Waals surface area (Å²) >= 11 is 0. The maximum atomic E-state index is 2.67. The van der Waals surface area contributed by atoms with Gasteiger partial charge in [0.05, 0.1) is 0 Å². The van der Waals surface area contributed by atoms with Gasteiger partial charge in [-0.1, -0.05) is 0 Å². The second-order valence-electron chi connectivity index (χ2n) is 7.15. The molecule has 1 unspecified atom stereocenters. The molecule has 0 aromatic carbocycles. The molecule has 0 spiro atoms. The predicted octanol–water partition coefficient (Wildman–Crippen LogP) is 4.66. The number of rotatable bonds is 0. The van der Waals surface area contributed by atoms with Crippen LogP contribution >= 0.6 is 0 Å². The lowest BCUT2D eigenvalue weighted by molar-refractivity contribution is -0.00764. The van der Waals surface area contributed by atoms with E-state index in [0.29, 0.717) is 0 Å². The zero-order chi connectivity index (χ0) is 11.2. The van der Waals surface area contributed by atoms with E-state index in [9.17, 15) is 0 Å². The van der Waals surface area contributed by atoms with Gasteiger partial charge in [-0.2, -0.15) is 0 Å². The molecule has 0 aromatic rings. The first-order valence-corrected chi connectivity index (χ1v) is 8.08. The predicted molar refractivity (Wildman–Crippen MR) is 71.1 cm³/mol. The Kier molecular flexibility index (Phi) is 2.74. The van der Waals surface area contributed by atoms with E-state index in [4.69, 9.17) is 0 Å². The maximum Gasteiger partial charge on any atom is -0.0352 e. The standard InChI is InChI=1S/C17H26/c1-2-6-14-12(4-1)8-10-17-15-7-3-5-13(15)9-11-16(14)17/h1,5,12-17H,2-4,6-11H2/t12?,13-,14-,15+,16+,17-/m0/s1. The van der Waals surface area contributed by atoms with E-state index in [1.165, 1.54) is 32.1 Å². The van der Waals surface area contributed by atoms with Crippen molar-refractivity contribution in [3.8, 4) is 0 Å². The average Bonchev–Trinajstić information content (AvgIpc) is 2.86. The zero-order valence-corrected chi connectivity index (χ0v) is 11.0. The molecule has 0 bridgehead atoms. The molecular formula is C17H26. The highest BCUT2D eigenvalue weighted by molar-refractivity contribution is 5.03. The summed E-state index contributed by atoms with van der Waals surface area (Å²) in [6.45, 7) is 0. The Balaban J connectivity index is 1.56. The van der Waals surface area contributed by atoms with Crippen molar-refractivity contribution in [1.29, 1.82) is 0 Å². The minimum atomic E-state index is 1.03. The summed E-state index contributed by atoms with van der Waals surface area (Å²) in [7, 11) is 0. The molecule has 0 nitrogen and oxygen atoms in total. The molecule has 4 fully saturated rings. The van der Waals surface area contributed by atoms with E-state index in [2.05, 4.69) is 12.8 Å². The van der Waals surface area contributed by atoms with E-state index in [-0.39, 0.29) is 0 Å². The average molecular weight is 230 g/mol. The van der Waals surface area contributed by atoms with Crippen LogP contribution in [0.25, 0.3) is 0 Å². The minimum absolute atomic E-state index is 1.03. The van der Waals surface area contributed by atoms with Gasteiger partial charge in [0.25, 0.3) is 0 Å². The van der Waals surface area contributed by atoms with Crippen LogP contribution < -0.4 is 0 Å². The molecule has 94 valence electrons. The lowest BCUT2D eigenvalue weighted by Gasteiger charge is -2.51. The highest BCUT2D eigenvalue weighted by Gasteiger charge is 2.48. The molecule has 4 rings (SSSR count). The van der Waals surface area contributed by atoms with Gasteiger partial charge < -0.3 is 0 Å². The molecule has 4 saturated carbocycles. The first-order chi connectivity index (χ1) is 8.43. The Hall–Kier alpha value is 0. The van der Waals surface area contributed by atoms with Gasteiger partial charge in [0.1, 0.15) is 0 Å². The van der Waals surface area contributed by atoms with Gasteiger partial charge in [0, 0.05) is 0 Å². The third-order valence-electron chi connectivity index (χ3n) is 6.65. The summed E-state index contributed by atoms with van der Waals surface area (Å²) in [5.74, 6) is 6.62. The number of hydrogen-bond acceptors (Lipinski definition) is 0. The molecule has 4 aliphatic rings. The second kappa shape index (κ2) is 4.28. The van der Waals surface area contributed by atoms with Gasteiger partial charge >= 0.3 is 0 Å². The van der Waals surface area contributed by atoms with Crippen LogP contribution in [0.2, 0.25) is 0 Å². The van der Waals surface area contributed by atoms with Crippen LogP contribution in [0.3, 0.4) is 0 Å². The summed E-state index contributed by atoms with van der Waals surface area (Å²) < 4.78 is 0. The highest BCUT2D eigenvalue weighted by Crippen LogP contribution is 2.57. The Morgan fingerprint density at radius 2 is 1.47 bits per heavy atom. The first-order valence-electron chi connectivity index (χ1n) is 8.08. The minimum Gasteiger partial charge on any atom is -0.0499 e.